The molecule has 1 aromatic rings. The number of hydrogen-bond donors (Lipinski definition) is 1. The molecular weight excluding hydrogens is 293 g/mol. The monoisotopic (exact) mass is 319 g/mol. The van der Waals surface area contributed by atoms with Crippen LogP contribution in [0.4, 0.5) is 0 Å². The highest BCUT2D eigenvalue weighted by atomic mass is 16.6. The summed E-state index contributed by atoms with van der Waals surface area (Å²) >= 11 is 0. The molecule has 0 saturated carbocycles. The molecule has 1 aromatic carbocycles. The van der Waals surface area contributed by atoms with Crippen LogP contribution in [0.2, 0.25) is 0 Å². The molecule has 23 heavy (non-hydrogen) atoms. The van der Waals surface area contributed by atoms with Crippen molar-refractivity contribution < 1.29 is 18.8 Å². The first-order valence-electron chi connectivity index (χ1n) is 8.15. The molecule has 0 spiro atoms. The predicted molar refractivity (Wildman–Crippen MR) is 90.3 cm³/mol. The van der Waals surface area contributed by atoms with Gasteiger partial charge in [-0.05, 0) is 45.6 Å². The van der Waals surface area contributed by atoms with Crippen LogP contribution < -0.4 is 11.2 Å². The summed E-state index contributed by atoms with van der Waals surface area (Å²) in [5.41, 5.74) is 6.12. The molecule has 0 unspecified atom stereocenters. The van der Waals surface area contributed by atoms with Gasteiger partial charge in [0, 0.05) is 6.10 Å². The molecule has 0 radical (unpaired) electrons. The van der Waals surface area contributed by atoms with Crippen molar-refractivity contribution in [3.8, 4) is 0 Å². The summed E-state index contributed by atoms with van der Waals surface area (Å²) in [5, 5.41) is 0. The summed E-state index contributed by atoms with van der Waals surface area (Å²) in [6.45, 7) is 6.13. The highest BCUT2D eigenvalue weighted by Gasteiger charge is 2.36. The molecule has 2 atom stereocenters. The lowest BCUT2D eigenvalue weighted by Gasteiger charge is -2.34. The van der Waals surface area contributed by atoms with Gasteiger partial charge in [-0.2, -0.15) is 0 Å². The second-order valence-electron chi connectivity index (χ2n) is 6.86. The first-order chi connectivity index (χ1) is 10.9. The van der Waals surface area contributed by atoms with E-state index in [4.69, 9.17) is 19.8 Å². The third-order valence-electron chi connectivity index (χ3n) is 3.53. The third kappa shape index (κ3) is 5.97. The lowest BCUT2D eigenvalue weighted by Crippen LogP contribution is -2.49. The van der Waals surface area contributed by atoms with Crippen molar-refractivity contribution in [3.05, 3.63) is 30.3 Å². The SMILES string of the molecule is CC(C)(C)OC(=O)C[C@H]1C[C@H](CCN)OB(c2ccccc2)O1. The Morgan fingerprint density at radius 3 is 2.52 bits per heavy atom. The number of hydrogen-bond acceptors (Lipinski definition) is 5. The van der Waals surface area contributed by atoms with Crippen molar-refractivity contribution in [1.29, 1.82) is 0 Å². The summed E-state index contributed by atoms with van der Waals surface area (Å²) in [5.74, 6) is -0.247. The minimum atomic E-state index is -0.488. The maximum absolute atomic E-state index is 12.1. The van der Waals surface area contributed by atoms with Crippen LogP contribution in [0.15, 0.2) is 30.3 Å². The number of carbonyl (C=O) groups is 1. The summed E-state index contributed by atoms with van der Waals surface area (Å²) in [7, 11) is -0.464. The van der Waals surface area contributed by atoms with Gasteiger partial charge in [0.25, 0.3) is 0 Å². The van der Waals surface area contributed by atoms with Crippen LogP contribution >= 0.6 is 0 Å². The lowest BCUT2D eigenvalue weighted by molar-refractivity contribution is -0.157. The molecule has 2 rings (SSSR count). The average molecular weight is 319 g/mol. The zero-order valence-corrected chi connectivity index (χ0v) is 14.2. The Balaban J connectivity index is 2.02. The van der Waals surface area contributed by atoms with Crippen molar-refractivity contribution in [3.63, 3.8) is 0 Å². The number of carbonyl (C=O) groups excluding carboxylic acids is 1. The topological polar surface area (TPSA) is 70.8 Å². The summed E-state index contributed by atoms with van der Waals surface area (Å²) < 4.78 is 17.3. The standard InChI is InChI=1S/C17H26BNO4/c1-17(2,3)21-16(20)12-15-11-14(9-10-19)22-18(23-15)13-7-5-4-6-8-13/h4-8,14-15H,9-12,19H2,1-3H3/t14-,15+/m0/s1. The Bertz CT molecular complexity index is 503. The zero-order valence-electron chi connectivity index (χ0n) is 14.2. The second-order valence-corrected chi connectivity index (χ2v) is 6.86. The molecule has 0 bridgehead atoms. The van der Waals surface area contributed by atoms with E-state index in [1.54, 1.807) is 0 Å². The molecule has 0 aliphatic carbocycles. The molecule has 6 heteroatoms. The van der Waals surface area contributed by atoms with E-state index < -0.39 is 12.7 Å². The van der Waals surface area contributed by atoms with E-state index >= 15 is 0 Å². The molecule has 1 aliphatic rings. The van der Waals surface area contributed by atoms with Crippen molar-refractivity contribution >= 4 is 18.6 Å². The molecule has 1 saturated heterocycles. The van der Waals surface area contributed by atoms with Crippen LogP contribution in [0.3, 0.4) is 0 Å². The van der Waals surface area contributed by atoms with Gasteiger partial charge in [-0.1, -0.05) is 30.3 Å². The Kier molecular flexibility index (Phi) is 6.21. The Hall–Kier alpha value is -1.37. The van der Waals surface area contributed by atoms with E-state index in [0.29, 0.717) is 13.0 Å². The van der Waals surface area contributed by atoms with E-state index in [-0.39, 0.29) is 24.6 Å². The van der Waals surface area contributed by atoms with E-state index in [1.165, 1.54) is 0 Å². The molecular formula is C17H26BNO4. The number of ether oxygens (including phenoxy) is 1. The van der Waals surface area contributed by atoms with Crippen LogP contribution in [0, 0.1) is 0 Å². The second kappa shape index (κ2) is 7.95. The molecule has 126 valence electrons. The molecule has 1 fully saturated rings. The molecule has 2 N–H and O–H groups in total. The third-order valence-corrected chi connectivity index (χ3v) is 3.53. The number of rotatable bonds is 5. The minimum absolute atomic E-state index is 0.00797. The van der Waals surface area contributed by atoms with Crippen molar-refractivity contribution in [2.75, 3.05) is 6.54 Å². The van der Waals surface area contributed by atoms with Gasteiger partial charge < -0.3 is 19.8 Å². The number of esters is 1. The van der Waals surface area contributed by atoms with Crippen molar-refractivity contribution in [1.82, 2.24) is 0 Å². The largest absolute Gasteiger partial charge is 0.494 e. The van der Waals surface area contributed by atoms with Gasteiger partial charge >= 0.3 is 13.1 Å². The highest BCUT2D eigenvalue weighted by Crippen LogP contribution is 2.22. The van der Waals surface area contributed by atoms with Gasteiger partial charge in [0.05, 0.1) is 12.5 Å². The van der Waals surface area contributed by atoms with Gasteiger partial charge in [0.2, 0.25) is 0 Å². The van der Waals surface area contributed by atoms with Gasteiger partial charge in [-0.15, -0.1) is 0 Å². The average Bonchev–Trinajstić information content (AvgIpc) is 2.46. The predicted octanol–water partition coefficient (Wildman–Crippen LogP) is 1.64. The van der Waals surface area contributed by atoms with Crippen LogP contribution in [-0.2, 0) is 18.8 Å². The number of benzene rings is 1. The normalized spacial score (nSPS) is 22.0. The van der Waals surface area contributed by atoms with Crippen LogP contribution in [0.5, 0.6) is 0 Å². The summed E-state index contributed by atoms with van der Waals surface area (Å²) in [6.07, 6.45) is 1.40. The van der Waals surface area contributed by atoms with E-state index in [0.717, 1.165) is 11.9 Å². The van der Waals surface area contributed by atoms with E-state index in [1.807, 2.05) is 51.1 Å². The molecule has 0 amide bonds. The molecule has 0 aromatic heterocycles. The first-order valence-corrected chi connectivity index (χ1v) is 8.15. The van der Waals surface area contributed by atoms with Crippen LogP contribution in [-0.4, -0.2) is 37.4 Å². The smallest absolute Gasteiger partial charge is 0.460 e. The van der Waals surface area contributed by atoms with Crippen LogP contribution in [0.1, 0.15) is 40.0 Å². The molecule has 1 aliphatic heterocycles. The Morgan fingerprint density at radius 2 is 1.91 bits per heavy atom. The first kappa shape index (κ1) is 18.0. The van der Waals surface area contributed by atoms with Gasteiger partial charge in [0.1, 0.15) is 5.60 Å². The maximum Gasteiger partial charge on any atom is 0.494 e. The fourth-order valence-electron chi connectivity index (χ4n) is 2.63. The minimum Gasteiger partial charge on any atom is -0.460 e. The highest BCUT2D eigenvalue weighted by molar-refractivity contribution is 6.61. The fraction of sp³-hybridized carbons (Fsp3) is 0.588. The Morgan fingerprint density at radius 1 is 1.26 bits per heavy atom. The quantitative estimate of drug-likeness (QED) is 0.660. The summed E-state index contributed by atoms with van der Waals surface area (Å²) in [6, 6.07) is 9.75. The lowest BCUT2D eigenvalue weighted by atomic mass is 9.76. The van der Waals surface area contributed by atoms with E-state index in [9.17, 15) is 4.79 Å². The Labute approximate surface area is 138 Å². The van der Waals surface area contributed by atoms with Gasteiger partial charge in [-0.3, -0.25) is 4.79 Å². The zero-order chi connectivity index (χ0) is 16.9. The van der Waals surface area contributed by atoms with Crippen molar-refractivity contribution in [2.24, 2.45) is 5.73 Å². The van der Waals surface area contributed by atoms with Gasteiger partial charge in [0.15, 0.2) is 0 Å². The summed E-state index contributed by atoms with van der Waals surface area (Å²) in [4.78, 5) is 12.1. The van der Waals surface area contributed by atoms with Crippen molar-refractivity contribution in [2.45, 2.75) is 57.8 Å². The number of nitrogens with two attached hydrogens (primary N) is 1. The van der Waals surface area contributed by atoms with E-state index in [2.05, 4.69) is 0 Å². The molecule has 5 nitrogen and oxygen atoms in total. The fourth-order valence-corrected chi connectivity index (χ4v) is 2.63. The van der Waals surface area contributed by atoms with Gasteiger partial charge in [-0.25, -0.2) is 0 Å². The maximum atomic E-state index is 12.1. The van der Waals surface area contributed by atoms with Crippen LogP contribution in [0.25, 0.3) is 0 Å². The molecule has 1 heterocycles.